The van der Waals surface area contributed by atoms with Gasteiger partial charge >= 0.3 is 0 Å². The van der Waals surface area contributed by atoms with Gasteiger partial charge in [-0.15, -0.1) is 0 Å². The second-order valence-electron chi connectivity index (χ2n) is 8.39. The van der Waals surface area contributed by atoms with E-state index in [4.69, 9.17) is 62.4 Å². The van der Waals surface area contributed by atoms with Crippen LogP contribution in [0.4, 0.5) is 5.69 Å². The largest absolute Gasteiger partial charge is 0.411 e. The van der Waals surface area contributed by atoms with Crippen LogP contribution in [0.2, 0.25) is 43.4 Å². The lowest BCUT2D eigenvalue weighted by Crippen LogP contribution is -2.41. The number of hydrogen-bond donors (Lipinski definition) is 1. The van der Waals surface area contributed by atoms with E-state index < -0.39 is 14.1 Å². The SMILES string of the molecule is CC(C)(C)[Si](C)(C)OC/C(=C\C(=O)c1c(Cl)ncc(Cl)c1Cl)Nc1c(Cl)cccc1Cl. The summed E-state index contributed by atoms with van der Waals surface area (Å²) in [5.74, 6) is -0.477. The van der Waals surface area contributed by atoms with Gasteiger partial charge in [0.1, 0.15) is 5.15 Å². The summed E-state index contributed by atoms with van der Waals surface area (Å²) in [6.45, 7) is 10.7. The number of pyridine rings is 1. The Morgan fingerprint density at radius 2 is 1.68 bits per heavy atom. The minimum absolute atomic E-state index is 0.00714. The third kappa shape index (κ3) is 6.61. The molecule has 0 aliphatic carbocycles. The van der Waals surface area contributed by atoms with Crippen LogP contribution in [0.3, 0.4) is 0 Å². The predicted octanol–water partition coefficient (Wildman–Crippen LogP) is 8.55. The molecule has 0 amide bonds. The highest BCUT2D eigenvalue weighted by Crippen LogP contribution is 2.37. The van der Waals surface area contributed by atoms with Crippen LogP contribution in [-0.4, -0.2) is 25.7 Å². The van der Waals surface area contributed by atoms with E-state index in [0.717, 1.165) is 0 Å². The zero-order valence-corrected chi connectivity index (χ0v) is 22.5. The fourth-order valence-electron chi connectivity index (χ4n) is 2.25. The molecule has 0 saturated heterocycles. The summed E-state index contributed by atoms with van der Waals surface area (Å²) >= 11 is 30.9. The molecular weight excluding hydrogens is 518 g/mol. The van der Waals surface area contributed by atoms with E-state index in [1.807, 2.05) is 0 Å². The molecule has 10 heteroatoms. The Morgan fingerprint density at radius 3 is 2.23 bits per heavy atom. The van der Waals surface area contributed by atoms with Gasteiger partial charge in [0.05, 0.1) is 37.9 Å². The molecule has 1 N–H and O–H groups in total. The van der Waals surface area contributed by atoms with Gasteiger partial charge in [-0.3, -0.25) is 4.79 Å². The van der Waals surface area contributed by atoms with E-state index in [-0.39, 0.29) is 32.4 Å². The van der Waals surface area contributed by atoms with E-state index in [1.165, 1.54) is 12.3 Å². The van der Waals surface area contributed by atoms with Crippen LogP contribution in [0, 0.1) is 0 Å². The molecule has 0 unspecified atom stereocenters. The average molecular weight is 541 g/mol. The number of hydrogen-bond acceptors (Lipinski definition) is 4. The Labute approximate surface area is 209 Å². The van der Waals surface area contributed by atoms with Crippen LogP contribution in [-0.2, 0) is 4.43 Å². The highest BCUT2D eigenvalue weighted by molar-refractivity contribution is 6.74. The fourth-order valence-corrected chi connectivity index (χ4v) is 4.35. The maximum atomic E-state index is 13.0. The van der Waals surface area contributed by atoms with Crippen molar-refractivity contribution in [1.82, 2.24) is 4.98 Å². The third-order valence-corrected chi connectivity index (χ3v) is 11.3. The van der Waals surface area contributed by atoms with Crippen LogP contribution >= 0.6 is 58.0 Å². The number of ketones is 1. The highest BCUT2D eigenvalue weighted by atomic mass is 35.5. The summed E-state index contributed by atoms with van der Waals surface area (Å²) in [6.07, 6.45) is 2.63. The Bertz CT molecular complexity index is 999. The van der Waals surface area contributed by atoms with Crippen molar-refractivity contribution < 1.29 is 9.22 Å². The lowest BCUT2D eigenvalue weighted by atomic mass is 10.1. The Hall–Kier alpha value is -0.793. The predicted molar refractivity (Wildman–Crippen MR) is 135 cm³/mol. The summed E-state index contributed by atoms with van der Waals surface area (Å²) < 4.78 is 6.29. The molecule has 31 heavy (non-hydrogen) atoms. The van der Waals surface area contributed by atoms with Crippen LogP contribution in [0.15, 0.2) is 36.2 Å². The van der Waals surface area contributed by atoms with Gasteiger partial charge < -0.3 is 9.74 Å². The lowest BCUT2D eigenvalue weighted by Gasteiger charge is -2.36. The van der Waals surface area contributed by atoms with E-state index in [9.17, 15) is 4.79 Å². The minimum atomic E-state index is -2.12. The minimum Gasteiger partial charge on any atom is -0.411 e. The molecule has 1 heterocycles. The van der Waals surface area contributed by atoms with Gasteiger partial charge in [-0.25, -0.2) is 4.98 Å². The number of nitrogens with one attached hydrogen (secondary N) is 1. The molecule has 1 aromatic heterocycles. The highest BCUT2D eigenvalue weighted by Gasteiger charge is 2.37. The first kappa shape index (κ1) is 26.5. The van der Waals surface area contributed by atoms with Crippen molar-refractivity contribution in [2.24, 2.45) is 0 Å². The Kier molecular flexibility index (Phi) is 8.90. The summed E-state index contributed by atoms with van der Waals surface area (Å²) in [4.78, 5) is 16.9. The number of aromatic nitrogens is 1. The van der Waals surface area contributed by atoms with Crippen LogP contribution in [0.1, 0.15) is 31.1 Å². The van der Waals surface area contributed by atoms with Crippen molar-refractivity contribution in [3.63, 3.8) is 0 Å². The standard InChI is InChI=1S/C21H23Cl5N2O2Si/c1-21(2,3)31(4,5)30-11-12(28-19-13(22)7-6-8-14(19)23)9-16(29)17-18(25)15(24)10-27-20(17)26/h6-10,28H,11H2,1-5H3/b12-9+. The molecule has 0 radical (unpaired) electrons. The summed E-state index contributed by atoms with van der Waals surface area (Å²) in [5, 5.41) is 4.03. The van der Waals surface area contributed by atoms with Crippen LogP contribution in [0.5, 0.6) is 0 Å². The monoisotopic (exact) mass is 538 g/mol. The quantitative estimate of drug-likeness (QED) is 0.165. The second kappa shape index (κ2) is 10.4. The second-order valence-corrected chi connectivity index (χ2v) is 15.2. The summed E-state index contributed by atoms with van der Waals surface area (Å²) in [7, 11) is -2.12. The van der Waals surface area contributed by atoms with E-state index in [2.05, 4.69) is 44.2 Å². The van der Waals surface area contributed by atoms with Gasteiger partial charge in [-0.1, -0.05) is 84.8 Å². The Balaban J connectivity index is 2.46. The number of carbonyl (C=O) groups excluding carboxylic acids is 1. The molecule has 168 valence electrons. The van der Waals surface area contributed by atoms with Gasteiger partial charge in [0.25, 0.3) is 0 Å². The maximum absolute atomic E-state index is 13.0. The van der Waals surface area contributed by atoms with Crippen molar-refractivity contribution in [1.29, 1.82) is 0 Å². The average Bonchev–Trinajstić information content (AvgIpc) is 2.65. The molecule has 0 bridgehead atoms. The molecule has 0 atom stereocenters. The molecule has 4 nitrogen and oxygen atoms in total. The number of rotatable bonds is 7. The first-order valence-electron chi connectivity index (χ1n) is 9.34. The van der Waals surface area contributed by atoms with Crippen molar-refractivity contribution in [3.05, 3.63) is 67.0 Å². The van der Waals surface area contributed by atoms with Gasteiger partial charge in [-0.2, -0.15) is 0 Å². The fraction of sp³-hybridized carbons (Fsp3) is 0.333. The molecular formula is C21H23Cl5N2O2Si. The van der Waals surface area contributed by atoms with Crippen molar-refractivity contribution in [2.75, 3.05) is 11.9 Å². The number of anilines is 1. The first-order valence-corrected chi connectivity index (χ1v) is 14.1. The lowest BCUT2D eigenvalue weighted by molar-refractivity contribution is 0.104. The van der Waals surface area contributed by atoms with Crippen molar-refractivity contribution in [3.8, 4) is 0 Å². The molecule has 0 fully saturated rings. The number of halogens is 5. The summed E-state index contributed by atoms with van der Waals surface area (Å²) in [5.41, 5.74) is 0.912. The smallest absolute Gasteiger partial charge is 0.192 e. The Morgan fingerprint density at radius 1 is 1.10 bits per heavy atom. The van der Waals surface area contributed by atoms with Gasteiger partial charge in [0, 0.05) is 18.0 Å². The number of nitrogens with zero attached hydrogens (tertiary/aromatic N) is 1. The summed E-state index contributed by atoms with van der Waals surface area (Å²) in [6, 6.07) is 5.12. The molecule has 0 saturated carbocycles. The topological polar surface area (TPSA) is 51.2 Å². The number of allylic oxidation sites excluding steroid dienone is 1. The normalized spacial score (nSPS) is 12.8. The van der Waals surface area contributed by atoms with Gasteiger partial charge in [0.2, 0.25) is 0 Å². The van der Waals surface area contributed by atoms with E-state index in [0.29, 0.717) is 21.4 Å². The van der Waals surface area contributed by atoms with Crippen LogP contribution in [0.25, 0.3) is 0 Å². The van der Waals surface area contributed by atoms with Crippen LogP contribution < -0.4 is 5.32 Å². The zero-order valence-electron chi connectivity index (χ0n) is 17.7. The van der Waals surface area contributed by atoms with E-state index >= 15 is 0 Å². The molecule has 2 aromatic rings. The van der Waals surface area contributed by atoms with Gasteiger partial charge in [0.15, 0.2) is 14.1 Å². The maximum Gasteiger partial charge on any atom is 0.192 e. The van der Waals surface area contributed by atoms with E-state index in [1.54, 1.807) is 18.2 Å². The molecule has 1 aromatic carbocycles. The van der Waals surface area contributed by atoms with Gasteiger partial charge in [-0.05, 0) is 30.3 Å². The molecule has 0 spiro atoms. The van der Waals surface area contributed by atoms with Crippen molar-refractivity contribution in [2.45, 2.75) is 38.9 Å². The third-order valence-electron chi connectivity index (χ3n) is 5.12. The molecule has 0 aliphatic heterocycles. The number of carbonyl (C=O) groups is 1. The number of benzene rings is 1. The number of para-hydroxylation sites is 1. The molecule has 0 aliphatic rings. The zero-order chi connectivity index (χ0) is 23.6. The molecule has 2 rings (SSSR count). The van der Waals surface area contributed by atoms with Crippen molar-refractivity contribution >= 4 is 77.8 Å². The first-order chi connectivity index (χ1) is 14.2.